The van der Waals surface area contributed by atoms with Crippen LogP contribution in [0.2, 0.25) is 0 Å². The molecule has 3 rings (SSSR count). The molecule has 1 aliphatic heterocycles. The Morgan fingerprint density at radius 2 is 1.89 bits per heavy atom. The standard InChI is InChI=1S/C14H13FN2O2/c1-8-5-12-13(19-7-18-12)6-11(8)17-10-4-2-3-9(15)14(10)16/h2-6,17H,7,16H2,1H3. The lowest BCUT2D eigenvalue weighted by atomic mass is 10.1. The van der Waals surface area contributed by atoms with Gasteiger partial charge in [0, 0.05) is 11.8 Å². The molecule has 2 aromatic carbocycles. The van der Waals surface area contributed by atoms with Gasteiger partial charge in [0.05, 0.1) is 11.4 Å². The molecule has 0 atom stereocenters. The Morgan fingerprint density at radius 1 is 1.16 bits per heavy atom. The second-order valence-corrected chi connectivity index (χ2v) is 4.35. The SMILES string of the molecule is Cc1cc2c(cc1Nc1cccc(F)c1N)OCO2. The third kappa shape index (κ3) is 2.03. The van der Waals surface area contributed by atoms with Gasteiger partial charge in [-0.2, -0.15) is 0 Å². The van der Waals surface area contributed by atoms with Gasteiger partial charge in [0.15, 0.2) is 11.5 Å². The first-order chi connectivity index (χ1) is 9.15. The Morgan fingerprint density at radius 3 is 2.68 bits per heavy atom. The zero-order valence-corrected chi connectivity index (χ0v) is 10.4. The van der Waals surface area contributed by atoms with Gasteiger partial charge < -0.3 is 20.5 Å². The van der Waals surface area contributed by atoms with E-state index >= 15 is 0 Å². The van der Waals surface area contributed by atoms with Gasteiger partial charge in [-0.3, -0.25) is 0 Å². The van der Waals surface area contributed by atoms with Crippen LogP contribution in [0.5, 0.6) is 11.5 Å². The Balaban J connectivity index is 1.97. The molecule has 0 saturated heterocycles. The summed E-state index contributed by atoms with van der Waals surface area (Å²) in [6, 6.07) is 8.36. The second-order valence-electron chi connectivity index (χ2n) is 4.35. The molecule has 1 aliphatic rings. The summed E-state index contributed by atoms with van der Waals surface area (Å²) in [7, 11) is 0. The highest BCUT2D eigenvalue weighted by atomic mass is 19.1. The predicted molar refractivity (Wildman–Crippen MR) is 71.4 cm³/mol. The monoisotopic (exact) mass is 260 g/mol. The number of aryl methyl sites for hydroxylation is 1. The van der Waals surface area contributed by atoms with Gasteiger partial charge in [0.25, 0.3) is 0 Å². The van der Waals surface area contributed by atoms with Gasteiger partial charge >= 0.3 is 0 Å². The quantitative estimate of drug-likeness (QED) is 0.814. The van der Waals surface area contributed by atoms with Crippen molar-refractivity contribution < 1.29 is 13.9 Å². The van der Waals surface area contributed by atoms with Crippen LogP contribution >= 0.6 is 0 Å². The fraction of sp³-hybridized carbons (Fsp3) is 0.143. The summed E-state index contributed by atoms with van der Waals surface area (Å²) in [4.78, 5) is 0. The number of halogens is 1. The number of benzene rings is 2. The Bertz CT molecular complexity index is 644. The summed E-state index contributed by atoms with van der Waals surface area (Å²) < 4.78 is 24.0. The predicted octanol–water partition coefficient (Wildman–Crippen LogP) is 3.19. The molecule has 0 saturated carbocycles. The van der Waals surface area contributed by atoms with Crippen molar-refractivity contribution in [2.24, 2.45) is 0 Å². The minimum absolute atomic E-state index is 0.0968. The molecule has 0 radical (unpaired) electrons. The largest absolute Gasteiger partial charge is 0.454 e. The topological polar surface area (TPSA) is 56.5 Å². The molecule has 0 aliphatic carbocycles. The highest BCUT2D eigenvalue weighted by molar-refractivity contribution is 5.75. The van der Waals surface area contributed by atoms with Crippen molar-refractivity contribution in [2.75, 3.05) is 17.8 Å². The van der Waals surface area contributed by atoms with Crippen LogP contribution < -0.4 is 20.5 Å². The van der Waals surface area contributed by atoms with E-state index in [9.17, 15) is 4.39 Å². The first kappa shape index (κ1) is 11.6. The molecule has 0 unspecified atom stereocenters. The lowest BCUT2D eigenvalue weighted by Crippen LogP contribution is -2.00. The number of nitrogens with one attached hydrogen (secondary N) is 1. The van der Waals surface area contributed by atoms with E-state index in [4.69, 9.17) is 15.2 Å². The van der Waals surface area contributed by atoms with E-state index in [2.05, 4.69) is 5.32 Å². The third-order valence-corrected chi connectivity index (χ3v) is 3.04. The number of hydrogen-bond acceptors (Lipinski definition) is 4. The molecule has 0 bridgehead atoms. The molecule has 0 spiro atoms. The van der Waals surface area contributed by atoms with Crippen molar-refractivity contribution in [3.05, 3.63) is 41.7 Å². The summed E-state index contributed by atoms with van der Waals surface area (Å²) in [6.45, 7) is 2.15. The molecule has 3 N–H and O–H groups in total. The minimum Gasteiger partial charge on any atom is -0.454 e. The van der Waals surface area contributed by atoms with E-state index < -0.39 is 5.82 Å². The summed E-state index contributed by atoms with van der Waals surface area (Å²) in [5, 5.41) is 3.11. The van der Waals surface area contributed by atoms with Gasteiger partial charge in [0.1, 0.15) is 5.82 Å². The number of fused-ring (bicyclic) bond motifs is 1. The molecule has 98 valence electrons. The van der Waals surface area contributed by atoms with E-state index in [-0.39, 0.29) is 12.5 Å². The van der Waals surface area contributed by atoms with Crippen LogP contribution in [-0.2, 0) is 0 Å². The second kappa shape index (κ2) is 4.35. The van der Waals surface area contributed by atoms with Crippen molar-refractivity contribution in [1.29, 1.82) is 0 Å². The van der Waals surface area contributed by atoms with E-state index in [1.54, 1.807) is 12.1 Å². The third-order valence-electron chi connectivity index (χ3n) is 3.04. The molecule has 5 heteroatoms. The van der Waals surface area contributed by atoms with E-state index in [1.165, 1.54) is 6.07 Å². The average molecular weight is 260 g/mol. The lowest BCUT2D eigenvalue weighted by molar-refractivity contribution is 0.174. The normalized spacial score (nSPS) is 12.5. The molecular formula is C14H13FN2O2. The van der Waals surface area contributed by atoms with Crippen LogP contribution in [0.3, 0.4) is 0 Å². The molecule has 0 fully saturated rings. The smallest absolute Gasteiger partial charge is 0.231 e. The Labute approximate surface area is 109 Å². The fourth-order valence-electron chi connectivity index (χ4n) is 1.97. The highest BCUT2D eigenvalue weighted by Crippen LogP contribution is 2.38. The van der Waals surface area contributed by atoms with Crippen LogP contribution in [0.1, 0.15) is 5.56 Å². The van der Waals surface area contributed by atoms with Crippen molar-refractivity contribution in [1.82, 2.24) is 0 Å². The zero-order valence-electron chi connectivity index (χ0n) is 10.4. The molecule has 2 aromatic rings. The van der Waals surface area contributed by atoms with Crippen LogP contribution in [0.4, 0.5) is 21.5 Å². The van der Waals surface area contributed by atoms with Crippen molar-refractivity contribution in [3.8, 4) is 11.5 Å². The number of nitrogen functional groups attached to an aromatic ring is 1. The van der Waals surface area contributed by atoms with Crippen LogP contribution in [0, 0.1) is 12.7 Å². The Kier molecular flexibility index (Phi) is 2.67. The van der Waals surface area contributed by atoms with Crippen LogP contribution in [0.15, 0.2) is 30.3 Å². The number of ether oxygens (including phenoxy) is 2. The summed E-state index contributed by atoms with van der Waals surface area (Å²) in [5.41, 5.74) is 8.10. The van der Waals surface area contributed by atoms with Gasteiger partial charge in [-0.05, 0) is 30.7 Å². The van der Waals surface area contributed by atoms with Crippen LogP contribution in [0.25, 0.3) is 0 Å². The number of anilines is 3. The molecule has 0 amide bonds. The summed E-state index contributed by atoms with van der Waals surface area (Å²) in [6.07, 6.45) is 0. The van der Waals surface area contributed by atoms with E-state index in [1.807, 2.05) is 19.1 Å². The first-order valence-corrected chi connectivity index (χ1v) is 5.86. The van der Waals surface area contributed by atoms with Crippen molar-refractivity contribution in [3.63, 3.8) is 0 Å². The van der Waals surface area contributed by atoms with E-state index in [0.717, 1.165) is 17.0 Å². The maximum absolute atomic E-state index is 13.4. The fourth-order valence-corrected chi connectivity index (χ4v) is 1.97. The number of nitrogens with two attached hydrogens (primary N) is 1. The molecular weight excluding hydrogens is 247 g/mol. The average Bonchev–Trinajstić information content (AvgIpc) is 2.82. The van der Waals surface area contributed by atoms with Gasteiger partial charge in [0.2, 0.25) is 6.79 Å². The number of rotatable bonds is 2. The minimum atomic E-state index is -0.441. The van der Waals surface area contributed by atoms with Gasteiger partial charge in [-0.15, -0.1) is 0 Å². The molecule has 19 heavy (non-hydrogen) atoms. The molecule has 1 heterocycles. The Hall–Kier alpha value is -2.43. The highest BCUT2D eigenvalue weighted by Gasteiger charge is 2.16. The van der Waals surface area contributed by atoms with Crippen LogP contribution in [-0.4, -0.2) is 6.79 Å². The molecule has 4 nitrogen and oxygen atoms in total. The van der Waals surface area contributed by atoms with E-state index in [0.29, 0.717) is 11.4 Å². The van der Waals surface area contributed by atoms with Gasteiger partial charge in [-0.1, -0.05) is 6.07 Å². The zero-order chi connectivity index (χ0) is 13.4. The summed E-state index contributed by atoms with van der Waals surface area (Å²) in [5.74, 6) is 0.946. The summed E-state index contributed by atoms with van der Waals surface area (Å²) >= 11 is 0. The van der Waals surface area contributed by atoms with Crippen molar-refractivity contribution >= 4 is 17.1 Å². The maximum Gasteiger partial charge on any atom is 0.231 e. The molecule has 0 aromatic heterocycles. The maximum atomic E-state index is 13.4. The van der Waals surface area contributed by atoms with Crippen molar-refractivity contribution in [2.45, 2.75) is 6.92 Å². The number of hydrogen-bond donors (Lipinski definition) is 2. The van der Waals surface area contributed by atoms with Gasteiger partial charge in [-0.25, -0.2) is 4.39 Å². The number of para-hydroxylation sites is 1. The first-order valence-electron chi connectivity index (χ1n) is 5.86. The lowest BCUT2D eigenvalue weighted by Gasteiger charge is -2.12.